The number of benzene rings is 2. The zero-order valence-corrected chi connectivity index (χ0v) is 14.8. The van der Waals surface area contributed by atoms with Crippen molar-refractivity contribution in [2.24, 2.45) is 11.7 Å². The molecule has 5 nitrogen and oxygen atoms in total. The summed E-state index contributed by atoms with van der Waals surface area (Å²) in [5.41, 5.74) is 7.98. The molecule has 0 fully saturated rings. The van der Waals surface area contributed by atoms with E-state index in [2.05, 4.69) is 9.97 Å². The average molecular weight is 352 g/mol. The Morgan fingerprint density at radius 3 is 2.73 bits per heavy atom. The first-order valence-electron chi connectivity index (χ1n) is 8.44. The van der Waals surface area contributed by atoms with Crippen LogP contribution in [0.25, 0.3) is 22.3 Å². The first kappa shape index (κ1) is 17.9. The van der Waals surface area contributed by atoms with Crippen LogP contribution in [0.2, 0.25) is 0 Å². The summed E-state index contributed by atoms with van der Waals surface area (Å²) in [6.45, 7) is 4.36. The molecule has 134 valence electrons. The third-order valence-corrected chi connectivity index (χ3v) is 4.31. The molecule has 2 aromatic carbocycles. The summed E-state index contributed by atoms with van der Waals surface area (Å²) in [4.78, 5) is 8.87. The fourth-order valence-corrected chi connectivity index (χ4v) is 2.84. The van der Waals surface area contributed by atoms with Crippen LogP contribution in [0, 0.1) is 24.1 Å². The summed E-state index contributed by atoms with van der Waals surface area (Å²) >= 11 is 0. The number of phenolic OH excluding ortho intramolecular Hbond substituents is 1. The molecular formula is C20H21FN4O. The van der Waals surface area contributed by atoms with Gasteiger partial charge in [-0.1, -0.05) is 25.1 Å². The van der Waals surface area contributed by atoms with Gasteiger partial charge in [-0.25, -0.2) is 14.4 Å². The van der Waals surface area contributed by atoms with Gasteiger partial charge in [0.2, 0.25) is 0 Å². The minimum absolute atomic E-state index is 0.0585. The molecule has 0 bridgehead atoms. The maximum absolute atomic E-state index is 14.3. The van der Waals surface area contributed by atoms with E-state index in [0.29, 0.717) is 29.9 Å². The summed E-state index contributed by atoms with van der Waals surface area (Å²) in [6.07, 6.45) is 0.458. The van der Waals surface area contributed by atoms with Gasteiger partial charge >= 0.3 is 0 Å². The Kier molecular flexibility index (Phi) is 4.95. The molecule has 0 saturated carbocycles. The topological polar surface area (TPSA) is 95.9 Å². The van der Waals surface area contributed by atoms with Crippen LogP contribution >= 0.6 is 0 Å². The second kappa shape index (κ2) is 7.17. The highest BCUT2D eigenvalue weighted by atomic mass is 19.1. The number of hydrogen-bond acceptors (Lipinski definition) is 5. The van der Waals surface area contributed by atoms with E-state index in [9.17, 15) is 9.50 Å². The Morgan fingerprint density at radius 2 is 2.04 bits per heavy atom. The van der Waals surface area contributed by atoms with Gasteiger partial charge in [0.15, 0.2) is 5.82 Å². The maximum Gasteiger partial charge on any atom is 0.167 e. The molecule has 0 spiro atoms. The molecule has 0 aliphatic rings. The van der Waals surface area contributed by atoms with Gasteiger partial charge in [-0.3, -0.25) is 0 Å². The summed E-state index contributed by atoms with van der Waals surface area (Å²) in [5.74, 6) is -0.642. The number of aromatic hydroxyl groups is 1. The Bertz CT molecular complexity index is 967. The van der Waals surface area contributed by atoms with Crippen molar-refractivity contribution >= 4 is 16.6 Å². The zero-order valence-electron chi connectivity index (χ0n) is 14.8. The van der Waals surface area contributed by atoms with Crippen LogP contribution in [0.4, 0.5) is 4.39 Å². The monoisotopic (exact) mass is 352 g/mol. The number of aryl methyl sites for hydroxylation is 1. The predicted octanol–water partition coefficient (Wildman–Crippen LogP) is 3.80. The Hall–Kier alpha value is -2.86. The quantitative estimate of drug-likeness (QED) is 0.609. The van der Waals surface area contributed by atoms with E-state index in [1.807, 2.05) is 32.0 Å². The minimum atomic E-state index is -0.607. The molecule has 3 aromatic rings. The first-order chi connectivity index (χ1) is 12.4. The number of phenols is 1. The molecule has 1 atom stereocenters. The molecule has 0 saturated heterocycles. The third kappa shape index (κ3) is 3.41. The van der Waals surface area contributed by atoms with Crippen LogP contribution in [-0.2, 0) is 0 Å². The van der Waals surface area contributed by atoms with Gasteiger partial charge in [-0.15, -0.1) is 0 Å². The lowest BCUT2D eigenvalue weighted by atomic mass is 9.99. The molecule has 4 N–H and O–H groups in total. The zero-order chi connectivity index (χ0) is 18.8. The van der Waals surface area contributed by atoms with Crippen molar-refractivity contribution in [3.05, 3.63) is 53.5 Å². The second-order valence-corrected chi connectivity index (χ2v) is 6.57. The average Bonchev–Trinajstić information content (AvgIpc) is 2.60. The summed E-state index contributed by atoms with van der Waals surface area (Å²) < 4.78 is 14.3. The van der Waals surface area contributed by atoms with Crippen molar-refractivity contribution < 1.29 is 9.50 Å². The fourth-order valence-electron chi connectivity index (χ4n) is 2.84. The molecule has 0 unspecified atom stereocenters. The van der Waals surface area contributed by atoms with E-state index in [0.717, 1.165) is 10.9 Å². The molecular weight excluding hydrogens is 331 g/mol. The van der Waals surface area contributed by atoms with E-state index in [-0.39, 0.29) is 23.1 Å². The molecule has 26 heavy (non-hydrogen) atoms. The number of hydrogen-bond donors (Lipinski definition) is 3. The second-order valence-electron chi connectivity index (χ2n) is 6.57. The molecule has 1 heterocycles. The number of halogens is 1. The van der Waals surface area contributed by atoms with Crippen LogP contribution in [-0.4, -0.2) is 27.3 Å². The summed E-state index contributed by atoms with van der Waals surface area (Å²) in [7, 11) is 0. The van der Waals surface area contributed by atoms with Gasteiger partial charge in [-0.2, -0.15) is 0 Å². The van der Waals surface area contributed by atoms with Gasteiger partial charge in [0, 0.05) is 5.39 Å². The van der Waals surface area contributed by atoms with Crippen molar-refractivity contribution in [2.45, 2.75) is 20.3 Å². The number of nitrogens with zero attached hydrogens (tertiary/aromatic N) is 2. The van der Waals surface area contributed by atoms with E-state index in [1.165, 1.54) is 18.2 Å². The lowest BCUT2D eigenvalue weighted by Gasteiger charge is -2.14. The standard InChI is InChI=1S/C20H21FN4O/c1-11-6-7-13-16(9-11)24-20(18-14(21)4-3-5-17(18)26)25-19(13)15(23)8-12(2)10-22/h3-7,9,12,23,26H,8,10,22H2,1-2H3/t12-/m0/s1. The largest absolute Gasteiger partial charge is 0.507 e. The van der Waals surface area contributed by atoms with Crippen LogP contribution < -0.4 is 5.73 Å². The van der Waals surface area contributed by atoms with Gasteiger partial charge < -0.3 is 16.2 Å². The van der Waals surface area contributed by atoms with Crippen LogP contribution in [0.1, 0.15) is 24.6 Å². The minimum Gasteiger partial charge on any atom is -0.507 e. The maximum atomic E-state index is 14.3. The Labute approximate surface area is 151 Å². The van der Waals surface area contributed by atoms with Crippen LogP contribution in [0.15, 0.2) is 36.4 Å². The van der Waals surface area contributed by atoms with E-state index < -0.39 is 5.82 Å². The van der Waals surface area contributed by atoms with Crippen LogP contribution in [0.5, 0.6) is 5.75 Å². The normalized spacial score (nSPS) is 12.3. The van der Waals surface area contributed by atoms with Crippen molar-refractivity contribution in [1.29, 1.82) is 5.41 Å². The lowest BCUT2D eigenvalue weighted by molar-refractivity contribution is 0.471. The predicted molar refractivity (Wildman–Crippen MR) is 101 cm³/mol. The Balaban J connectivity index is 2.24. The molecule has 1 aromatic heterocycles. The third-order valence-electron chi connectivity index (χ3n) is 4.31. The molecule has 0 amide bonds. The first-order valence-corrected chi connectivity index (χ1v) is 8.44. The highest BCUT2D eigenvalue weighted by molar-refractivity contribution is 6.07. The number of aromatic nitrogens is 2. The van der Waals surface area contributed by atoms with E-state index in [4.69, 9.17) is 11.1 Å². The highest BCUT2D eigenvalue weighted by Gasteiger charge is 2.19. The van der Waals surface area contributed by atoms with Crippen molar-refractivity contribution in [3.63, 3.8) is 0 Å². The number of rotatable bonds is 5. The lowest BCUT2D eigenvalue weighted by Crippen LogP contribution is -2.16. The molecule has 0 aliphatic carbocycles. The fraction of sp³-hybridized carbons (Fsp3) is 0.250. The highest BCUT2D eigenvalue weighted by Crippen LogP contribution is 2.31. The smallest absolute Gasteiger partial charge is 0.167 e. The van der Waals surface area contributed by atoms with Crippen molar-refractivity contribution in [1.82, 2.24) is 9.97 Å². The van der Waals surface area contributed by atoms with Gasteiger partial charge in [0.25, 0.3) is 0 Å². The summed E-state index contributed by atoms with van der Waals surface area (Å²) in [5, 5.41) is 19.3. The van der Waals surface area contributed by atoms with E-state index in [1.54, 1.807) is 0 Å². The molecule has 0 aliphatic heterocycles. The van der Waals surface area contributed by atoms with Gasteiger partial charge in [0.1, 0.15) is 11.6 Å². The molecule has 0 radical (unpaired) electrons. The number of fused-ring (bicyclic) bond motifs is 1. The molecule has 3 rings (SSSR count). The SMILES string of the molecule is Cc1ccc2c(C(=N)C[C@H](C)CN)nc(-c3c(O)cccc3F)nc2c1. The van der Waals surface area contributed by atoms with Gasteiger partial charge in [-0.05, 0) is 49.6 Å². The molecule has 6 heteroatoms. The van der Waals surface area contributed by atoms with Crippen molar-refractivity contribution in [2.75, 3.05) is 6.54 Å². The van der Waals surface area contributed by atoms with Gasteiger partial charge in [0.05, 0.1) is 22.5 Å². The number of nitrogens with one attached hydrogen (secondary N) is 1. The number of nitrogens with two attached hydrogens (primary N) is 1. The van der Waals surface area contributed by atoms with E-state index >= 15 is 0 Å². The summed E-state index contributed by atoms with van der Waals surface area (Å²) in [6, 6.07) is 9.72. The van der Waals surface area contributed by atoms with Crippen molar-refractivity contribution in [3.8, 4) is 17.1 Å². The van der Waals surface area contributed by atoms with Crippen LogP contribution in [0.3, 0.4) is 0 Å². The Morgan fingerprint density at radius 1 is 1.27 bits per heavy atom.